The molecule has 1 amide bonds. The molecule has 3 N–H and O–H groups in total. The van der Waals surface area contributed by atoms with Crippen LogP contribution in [0.3, 0.4) is 0 Å². The number of carbonyl (C=O) groups excluding carboxylic acids is 1. The van der Waals surface area contributed by atoms with Crippen LogP contribution in [0.2, 0.25) is 0 Å². The zero-order valence-electron chi connectivity index (χ0n) is 18.1. The molecule has 3 heterocycles. The molecule has 8 heteroatoms. The monoisotopic (exact) mass is 458 g/mol. The molecule has 0 saturated carbocycles. The van der Waals surface area contributed by atoms with Crippen molar-refractivity contribution < 1.29 is 9.00 Å². The summed E-state index contributed by atoms with van der Waals surface area (Å²) in [5.74, 6) is 0.683. The zero-order valence-corrected chi connectivity index (χ0v) is 19.7. The van der Waals surface area contributed by atoms with Gasteiger partial charge in [-0.3, -0.25) is 4.79 Å². The molecule has 1 fully saturated rings. The number of hydrogen-bond donors (Lipinski definition) is 2. The Bertz CT molecular complexity index is 1070. The van der Waals surface area contributed by atoms with Crippen molar-refractivity contribution >= 4 is 39.1 Å². The molecule has 0 spiro atoms. The average Bonchev–Trinajstić information content (AvgIpc) is 3.43. The molecule has 0 bridgehead atoms. The first-order valence-electron chi connectivity index (χ1n) is 10.7. The lowest BCUT2D eigenvalue weighted by molar-refractivity contribution is 0.100. The van der Waals surface area contributed by atoms with Gasteiger partial charge in [0.1, 0.15) is 0 Å². The highest BCUT2D eigenvalue weighted by Gasteiger charge is 2.26. The molecule has 2 aromatic heterocycles. The largest absolute Gasteiger partial charge is 0.366 e. The Morgan fingerprint density at radius 2 is 2.06 bits per heavy atom. The van der Waals surface area contributed by atoms with E-state index in [2.05, 4.69) is 31.7 Å². The molecule has 6 nitrogen and oxygen atoms in total. The van der Waals surface area contributed by atoms with E-state index in [4.69, 9.17) is 5.73 Å². The van der Waals surface area contributed by atoms with Gasteiger partial charge in [-0.2, -0.15) is 11.3 Å². The van der Waals surface area contributed by atoms with Gasteiger partial charge in [0, 0.05) is 30.4 Å². The van der Waals surface area contributed by atoms with Crippen LogP contribution in [0.1, 0.15) is 41.1 Å². The van der Waals surface area contributed by atoms with Crippen LogP contribution in [0, 0.1) is 0 Å². The summed E-state index contributed by atoms with van der Waals surface area (Å²) >= 11 is 1.64. The molecule has 1 saturated heterocycles. The van der Waals surface area contributed by atoms with Gasteiger partial charge in [0.2, 0.25) is 0 Å². The summed E-state index contributed by atoms with van der Waals surface area (Å²) < 4.78 is 14.8. The van der Waals surface area contributed by atoms with Crippen molar-refractivity contribution in [2.75, 3.05) is 39.5 Å². The third kappa shape index (κ3) is 4.92. The van der Waals surface area contributed by atoms with E-state index in [1.165, 1.54) is 5.56 Å². The number of amides is 1. The van der Waals surface area contributed by atoms with E-state index >= 15 is 0 Å². The normalized spacial score (nSPS) is 16.9. The number of aromatic nitrogens is 1. The Kier molecular flexibility index (Phi) is 6.91. The molecular weight excluding hydrogens is 428 g/mol. The lowest BCUT2D eigenvalue weighted by Crippen LogP contribution is -2.36. The fraction of sp³-hybridized carbons (Fsp3) is 0.435. The standard InChI is InChI=1S/C23H30N4O2S2/c1-26(2)7-3-11-31(29)27-8-4-16(5-9-27)21-14-25-22-19(21)12-18(13-20(22)23(24)28)17-6-10-30-15-17/h6,10,12-16,25H,3-5,7-9,11H2,1-2H3,(H2,24,28). The van der Waals surface area contributed by atoms with Crippen LogP contribution in [-0.2, 0) is 11.0 Å². The van der Waals surface area contributed by atoms with Gasteiger partial charge >= 0.3 is 0 Å². The number of aromatic amines is 1. The van der Waals surface area contributed by atoms with Gasteiger partial charge in [0.05, 0.1) is 22.1 Å². The van der Waals surface area contributed by atoms with Crippen molar-refractivity contribution in [1.82, 2.24) is 14.2 Å². The highest BCUT2D eigenvalue weighted by molar-refractivity contribution is 7.82. The van der Waals surface area contributed by atoms with Gasteiger partial charge in [-0.25, -0.2) is 8.51 Å². The smallest absolute Gasteiger partial charge is 0.250 e. The number of piperidine rings is 1. The minimum Gasteiger partial charge on any atom is -0.366 e. The number of rotatable bonds is 8. The second-order valence-corrected chi connectivity index (χ2v) is 10.8. The number of H-pyrrole nitrogens is 1. The van der Waals surface area contributed by atoms with Crippen molar-refractivity contribution in [2.45, 2.75) is 25.2 Å². The molecule has 0 aliphatic carbocycles. The summed E-state index contributed by atoms with van der Waals surface area (Å²) in [6, 6.07) is 6.11. The maximum atomic E-state index is 12.6. The number of nitrogens with one attached hydrogen (secondary N) is 1. The number of fused-ring (bicyclic) bond motifs is 1. The number of nitrogens with two attached hydrogens (primary N) is 1. The Balaban J connectivity index is 1.53. The van der Waals surface area contributed by atoms with Crippen LogP contribution < -0.4 is 5.73 Å². The third-order valence-electron chi connectivity index (χ3n) is 6.05. The van der Waals surface area contributed by atoms with Gasteiger partial charge in [0.15, 0.2) is 0 Å². The fourth-order valence-electron chi connectivity index (χ4n) is 4.38. The van der Waals surface area contributed by atoms with Crippen LogP contribution in [-0.4, -0.2) is 63.8 Å². The van der Waals surface area contributed by atoms with Crippen LogP contribution in [0.15, 0.2) is 35.2 Å². The zero-order chi connectivity index (χ0) is 22.0. The van der Waals surface area contributed by atoms with E-state index < -0.39 is 16.9 Å². The van der Waals surface area contributed by atoms with Crippen LogP contribution >= 0.6 is 11.3 Å². The summed E-state index contributed by atoms with van der Waals surface area (Å²) in [6.45, 7) is 2.63. The molecule has 3 aromatic rings. The van der Waals surface area contributed by atoms with Crippen LogP contribution in [0.4, 0.5) is 0 Å². The molecule has 1 aromatic carbocycles. The van der Waals surface area contributed by atoms with Gasteiger partial charge in [0.25, 0.3) is 5.91 Å². The molecular formula is C23H30N4O2S2. The first kappa shape index (κ1) is 22.2. The van der Waals surface area contributed by atoms with Gasteiger partial charge in [-0.1, -0.05) is 0 Å². The second-order valence-electron chi connectivity index (χ2n) is 8.45. The van der Waals surface area contributed by atoms with Crippen molar-refractivity contribution in [3.05, 3.63) is 46.3 Å². The second kappa shape index (κ2) is 9.65. The predicted molar refractivity (Wildman–Crippen MR) is 130 cm³/mol. The Labute approximate surface area is 190 Å². The minimum atomic E-state index is -0.907. The molecule has 1 aliphatic heterocycles. The third-order valence-corrected chi connectivity index (χ3v) is 8.31. The van der Waals surface area contributed by atoms with Crippen molar-refractivity contribution in [2.24, 2.45) is 5.73 Å². The van der Waals surface area contributed by atoms with Crippen molar-refractivity contribution in [3.8, 4) is 11.1 Å². The summed E-state index contributed by atoms with van der Waals surface area (Å²) in [7, 11) is 3.18. The van der Waals surface area contributed by atoms with Crippen LogP contribution in [0.25, 0.3) is 22.0 Å². The lowest BCUT2D eigenvalue weighted by Gasteiger charge is -2.31. The first-order chi connectivity index (χ1) is 14.9. The highest BCUT2D eigenvalue weighted by Crippen LogP contribution is 2.37. The molecule has 1 aliphatic rings. The summed E-state index contributed by atoms with van der Waals surface area (Å²) in [5.41, 5.74) is 10.4. The molecule has 4 rings (SSSR count). The van der Waals surface area contributed by atoms with E-state index in [-0.39, 0.29) is 0 Å². The Morgan fingerprint density at radius 1 is 1.29 bits per heavy atom. The SMILES string of the molecule is CN(C)CCCS(=O)N1CCC(c2c[nH]c3c(C(N)=O)cc(-c4ccsc4)cc23)CC1. The summed E-state index contributed by atoms with van der Waals surface area (Å²) in [5, 5.41) is 5.20. The number of carbonyl (C=O) groups is 1. The quantitative estimate of drug-likeness (QED) is 0.539. The van der Waals surface area contributed by atoms with Gasteiger partial charge < -0.3 is 15.6 Å². The summed E-state index contributed by atoms with van der Waals surface area (Å²) in [6.07, 6.45) is 4.90. The average molecular weight is 459 g/mol. The predicted octanol–water partition coefficient (Wildman–Crippen LogP) is 3.79. The van der Waals surface area contributed by atoms with E-state index in [9.17, 15) is 9.00 Å². The number of thiophene rings is 1. The lowest BCUT2D eigenvalue weighted by atomic mass is 9.88. The number of primary amides is 1. The summed E-state index contributed by atoms with van der Waals surface area (Å²) in [4.78, 5) is 17.6. The fourth-order valence-corrected chi connectivity index (χ4v) is 6.30. The Hall–Kier alpha value is -2.00. The van der Waals surface area contributed by atoms with Gasteiger partial charge in [-0.15, -0.1) is 0 Å². The first-order valence-corrected chi connectivity index (χ1v) is 12.9. The highest BCUT2D eigenvalue weighted by atomic mass is 32.2. The maximum absolute atomic E-state index is 12.6. The number of hydrogen-bond acceptors (Lipinski definition) is 4. The Morgan fingerprint density at radius 3 is 2.71 bits per heavy atom. The number of benzene rings is 1. The van der Waals surface area contributed by atoms with Crippen molar-refractivity contribution in [3.63, 3.8) is 0 Å². The van der Waals surface area contributed by atoms with Crippen LogP contribution in [0.5, 0.6) is 0 Å². The van der Waals surface area contributed by atoms with E-state index in [1.54, 1.807) is 11.3 Å². The van der Waals surface area contributed by atoms with E-state index in [0.29, 0.717) is 11.5 Å². The van der Waals surface area contributed by atoms with Crippen molar-refractivity contribution in [1.29, 1.82) is 0 Å². The van der Waals surface area contributed by atoms with E-state index in [1.807, 2.05) is 31.7 Å². The molecule has 31 heavy (non-hydrogen) atoms. The molecule has 1 atom stereocenters. The maximum Gasteiger partial charge on any atom is 0.250 e. The topological polar surface area (TPSA) is 82.4 Å². The van der Waals surface area contributed by atoms with Gasteiger partial charge in [-0.05, 0) is 91.5 Å². The molecule has 1 unspecified atom stereocenters. The molecule has 166 valence electrons. The minimum absolute atomic E-state index is 0.377. The molecule has 0 radical (unpaired) electrons. The van der Waals surface area contributed by atoms with E-state index in [0.717, 1.165) is 66.7 Å². The number of nitrogens with zero attached hydrogens (tertiary/aromatic N) is 2.